The number of hydrogen-bond acceptors (Lipinski definition) is 5. The number of rotatable bonds is 6. The van der Waals surface area contributed by atoms with Crippen LogP contribution in [0.1, 0.15) is 30.9 Å². The second-order valence-electron chi connectivity index (χ2n) is 8.14. The summed E-state index contributed by atoms with van der Waals surface area (Å²) < 4.78 is 5.91. The lowest BCUT2D eigenvalue weighted by Crippen LogP contribution is -2.48. The van der Waals surface area contributed by atoms with Crippen LogP contribution in [0.25, 0.3) is 0 Å². The number of aryl methyl sites for hydroxylation is 2. The van der Waals surface area contributed by atoms with Crippen molar-refractivity contribution in [3.8, 4) is 6.01 Å². The van der Waals surface area contributed by atoms with Crippen LogP contribution in [0.5, 0.6) is 6.01 Å². The van der Waals surface area contributed by atoms with E-state index in [9.17, 15) is 9.59 Å². The van der Waals surface area contributed by atoms with Crippen molar-refractivity contribution in [2.45, 2.75) is 39.2 Å². The number of piperidine rings is 1. The number of nitrogens with zero attached hydrogens (tertiary/aromatic N) is 5. The third-order valence-corrected chi connectivity index (χ3v) is 5.86. The summed E-state index contributed by atoms with van der Waals surface area (Å²) in [6, 6.07) is 8.10. The zero-order chi connectivity index (χ0) is 21.8. The molecule has 2 saturated heterocycles. The van der Waals surface area contributed by atoms with Gasteiger partial charge in [-0.15, -0.1) is 0 Å². The van der Waals surface area contributed by atoms with Gasteiger partial charge in [-0.2, -0.15) is 0 Å². The average molecular weight is 424 g/mol. The predicted octanol–water partition coefficient (Wildman–Crippen LogP) is 2.66. The molecule has 0 bridgehead atoms. The van der Waals surface area contributed by atoms with E-state index < -0.39 is 0 Å². The molecule has 0 aliphatic carbocycles. The Morgan fingerprint density at radius 2 is 1.87 bits per heavy atom. The van der Waals surface area contributed by atoms with Crippen LogP contribution < -0.4 is 9.64 Å². The predicted molar refractivity (Wildman–Crippen MR) is 117 cm³/mol. The summed E-state index contributed by atoms with van der Waals surface area (Å²) in [7, 11) is 0. The molecule has 2 fully saturated rings. The maximum Gasteiger partial charge on any atom is 0.325 e. The average Bonchev–Trinajstić information content (AvgIpc) is 3.15. The first-order valence-corrected chi connectivity index (χ1v) is 10.9. The molecule has 1 aromatic carbocycles. The molecule has 0 radical (unpaired) electrons. The van der Waals surface area contributed by atoms with Gasteiger partial charge >= 0.3 is 12.0 Å². The number of carbonyl (C=O) groups excluding carboxylic acids is 2. The van der Waals surface area contributed by atoms with Gasteiger partial charge in [0.1, 0.15) is 12.6 Å². The Morgan fingerprint density at radius 1 is 1.13 bits per heavy atom. The Morgan fingerprint density at radius 3 is 2.58 bits per heavy atom. The minimum atomic E-state index is -0.136. The highest BCUT2D eigenvalue weighted by Crippen LogP contribution is 2.21. The van der Waals surface area contributed by atoms with Gasteiger partial charge in [0.05, 0.1) is 6.54 Å². The summed E-state index contributed by atoms with van der Waals surface area (Å²) >= 11 is 0. The first-order valence-electron chi connectivity index (χ1n) is 10.9. The number of hydrogen-bond donors (Lipinski definition) is 0. The molecule has 3 heterocycles. The lowest BCUT2D eigenvalue weighted by Gasteiger charge is -2.33. The van der Waals surface area contributed by atoms with Gasteiger partial charge in [0.25, 0.3) is 0 Å². The molecule has 0 saturated carbocycles. The summed E-state index contributed by atoms with van der Waals surface area (Å²) in [6.07, 6.45) is 5.99. The zero-order valence-corrected chi connectivity index (χ0v) is 18.2. The van der Waals surface area contributed by atoms with Crippen LogP contribution in [0.2, 0.25) is 0 Å². The van der Waals surface area contributed by atoms with E-state index in [-0.39, 0.29) is 24.6 Å². The Labute approximate surface area is 182 Å². The largest absolute Gasteiger partial charge is 0.458 e. The molecule has 0 spiro atoms. The fourth-order valence-electron chi connectivity index (χ4n) is 3.95. The van der Waals surface area contributed by atoms with Crippen molar-refractivity contribution in [2.75, 3.05) is 37.6 Å². The number of urea groups is 1. The van der Waals surface area contributed by atoms with Crippen LogP contribution in [-0.4, -0.2) is 70.5 Å². The number of likely N-dealkylation sites (tertiary alicyclic amines) is 1. The Kier molecular flexibility index (Phi) is 6.34. The van der Waals surface area contributed by atoms with Gasteiger partial charge in [0.15, 0.2) is 0 Å². The number of amides is 3. The van der Waals surface area contributed by atoms with E-state index >= 15 is 0 Å². The van der Waals surface area contributed by atoms with Crippen molar-refractivity contribution < 1.29 is 14.3 Å². The highest BCUT2D eigenvalue weighted by molar-refractivity contribution is 5.96. The first kappa shape index (κ1) is 21.1. The molecule has 2 aliphatic heterocycles. The zero-order valence-electron chi connectivity index (χ0n) is 18.2. The van der Waals surface area contributed by atoms with Gasteiger partial charge in [-0.3, -0.25) is 9.69 Å². The summed E-state index contributed by atoms with van der Waals surface area (Å²) in [5.41, 5.74) is 3.07. The fraction of sp³-hybridized carbons (Fsp3) is 0.478. The van der Waals surface area contributed by atoms with E-state index in [1.54, 1.807) is 27.1 Å². The molecule has 1 aromatic heterocycles. The van der Waals surface area contributed by atoms with Crippen molar-refractivity contribution in [1.29, 1.82) is 0 Å². The van der Waals surface area contributed by atoms with E-state index in [0.717, 1.165) is 36.1 Å². The second-order valence-corrected chi connectivity index (χ2v) is 8.14. The second kappa shape index (κ2) is 9.32. The highest BCUT2D eigenvalue weighted by Gasteiger charge is 2.33. The van der Waals surface area contributed by atoms with Crippen molar-refractivity contribution in [2.24, 2.45) is 0 Å². The standard InChI is InChI=1S/C23H29N5O3/c1-3-18-13-24-22(25-14-18)31-20-5-4-10-26(15-20)21(29)16-27-11-12-28(23(27)30)19-8-6-17(2)7-9-19/h6-9,13-14,20H,3-5,10-12,15-16H2,1-2H3. The normalized spacial score (nSPS) is 19.1. The fourth-order valence-corrected chi connectivity index (χ4v) is 3.95. The smallest absolute Gasteiger partial charge is 0.325 e. The third kappa shape index (κ3) is 4.95. The number of anilines is 1. The van der Waals surface area contributed by atoms with Crippen LogP contribution in [0.15, 0.2) is 36.7 Å². The molecular weight excluding hydrogens is 394 g/mol. The molecule has 1 atom stereocenters. The van der Waals surface area contributed by atoms with Gasteiger partial charge in [-0.05, 0) is 43.9 Å². The van der Waals surface area contributed by atoms with Crippen molar-refractivity contribution in [3.05, 3.63) is 47.8 Å². The highest BCUT2D eigenvalue weighted by atomic mass is 16.5. The van der Waals surface area contributed by atoms with E-state index in [2.05, 4.69) is 16.9 Å². The minimum Gasteiger partial charge on any atom is -0.458 e. The van der Waals surface area contributed by atoms with Crippen molar-refractivity contribution >= 4 is 17.6 Å². The van der Waals surface area contributed by atoms with Gasteiger partial charge < -0.3 is 14.5 Å². The van der Waals surface area contributed by atoms with Gasteiger partial charge in [0.2, 0.25) is 5.91 Å². The summed E-state index contributed by atoms with van der Waals surface area (Å²) in [5.74, 6) is -0.0466. The molecule has 2 aliphatic rings. The molecular formula is C23H29N5O3. The van der Waals surface area contributed by atoms with Crippen LogP contribution in [0, 0.1) is 6.92 Å². The van der Waals surface area contributed by atoms with Crippen LogP contribution in [0.4, 0.5) is 10.5 Å². The number of ether oxygens (including phenoxy) is 1. The molecule has 1 unspecified atom stereocenters. The Hall–Kier alpha value is -3.16. The maximum atomic E-state index is 12.9. The number of benzene rings is 1. The quantitative estimate of drug-likeness (QED) is 0.714. The lowest BCUT2D eigenvalue weighted by molar-refractivity contribution is -0.134. The lowest BCUT2D eigenvalue weighted by atomic mass is 10.1. The van der Waals surface area contributed by atoms with Crippen molar-refractivity contribution in [1.82, 2.24) is 19.8 Å². The SMILES string of the molecule is CCc1cnc(OC2CCCN(C(=O)CN3CCN(c4ccc(C)cc4)C3=O)C2)nc1. The molecule has 2 aromatic rings. The molecule has 31 heavy (non-hydrogen) atoms. The molecule has 8 heteroatoms. The van der Waals surface area contributed by atoms with Crippen molar-refractivity contribution in [3.63, 3.8) is 0 Å². The molecule has 4 rings (SSSR count). The van der Waals surface area contributed by atoms with E-state index in [1.165, 1.54) is 0 Å². The van der Waals surface area contributed by atoms with Gasteiger partial charge in [-0.25, -0.2) is 14.8 Å². The monoisotopic (exact) mass is 423 g/mol. The number of aromatic nitrogens is 2. The topological polar surface area (TPSA) is 78.9 Å². The molecule has 0 N–H and O–H groups in total. The molecule has 164 valence electrons. The first-order chi connectivity index (χ1) is 15.0. The van der Waals surface area contributed by atoms with E-state index in [0.29, 0.717) is 32.2 Å². The third-order valence-electron chi connectivity index (χ3n) is 5.86. The van der Waals surface area contributed by atoms with Gasteiger partial charge in [0, 0.05) is 37.7 Å². The minimum absolute atomic E-state index is 0.0466. The summed E-state index contributed by atoms with van der Waals surface area (Å²) in [4.78, 5) is 39.4. The van der Waals surface area contributed by atoms with E-state index in [4.69, 9.17) is 4.74 Å². The number of carbonyl (C=O) groups is 2. The summed E-state index contributed by atoms with van der Waals surface area (Å²) in [6.45, 7) is 6.46. The van der Waals surface area contributed by atoms with Crippen LogP contribution in [0.3, 0.4) is 0 Å². The van der Waals surface area contributed by atoms with Crippen LogP contribution in [-0.2, 0) is 11.2 Å². The summed E-state index contributed by atoms with van der Waals surface area (Å²) in [5, 5.41) is 0. The molecule has 8 nitrogen and oxygen atoms in total. The maximum absolute atomic E-state index is 12.9. The van der Waals surface area contributed by atoms with E-state index in [1.807, 2.05) is 31.2 Å². The van der Waals surface area contributed by atoms with Crippen LogP contribution >= 0.6 is 0 Å². The van der Waals surface area contributed by atoms with Gasteiger partial charge in [-0.1, -0.05) is 24.6 Å². The molecule has 3 amide bonds. The Bertz CT molecular complexity index is 916. The Balaban J connectivity index is 1.31.